The van der Waals surface area contributed by atoms with Crippen molar-refractivity contribution in [3.63, 3.8) is 0 Å². The number of fused-ring (bicyclic) bond motifs is 1. The van der Waals surface area contributed by atoms with Crippen LogP contribution in [0.2, 0.25) is 0 Å². The number of aromatic hydroxyl groups is 1. The number of rotatable bonds is 5. The molecular formula is C31H35N3O6S. The molecule has 0 radical (unpaired) electrons. The number of likely N-dealkylation sites (tertiary alicyclic amines) is 1. The second-order valence-corrected chi connectivity index (χ2v) is 13.6. The first-order valence-electron chi connectivity index (χ1n) is 13.6. The van der Waals surface area contributed by atoms with Crippen molar-refractivity contribution in [1.29, 1.82) is 0 Å². The zero-order valence-electron chi connectivity index (χ0n) is 23.6. The van der Waals surface area contributed by atoms with Crippen LogP contribution in [0, 0.1) is 0 Å². The molecule has 2 aliphatic rings. The van der Waals surface area contributed by atoms with Crippen LogP contribution >= 0.6 is 0 Å². The minimum absolute atomic E-state index is 0.000339. The molecule has 0 bridgehead atoms. The van der Waals surface area contributed by atoms with Gasteiger partial charge in [-0.25, -0.2) is 8.42 Å². The van der Waals surface area contributed by atoms with Gasteiger partial charge in [-0.1, -0.05) is 45.0 Å². The Morgan fingerprint density at radius 1 is 1.00 bits per heavy atom. The number of hydrogen-bond acceptors (Lipinski definition) is 6. The first kappa shape index (κ1) is 28.6. The van der Waals surface area contributed by atoms with Gasteiger partial charge < -0.3 is 20.0 Å². The number of phenolic OH excluding ortho intramolecular Hbond substituents is 1. The Morgan fingerprint density at radius 3 is 2.39 bits per heavy atom. The maximum absolute atomic E-state index is 13.6. The third-order valence-corrected chi connectivity index (χ3v) is 8.24. The molecule has 3 aromatic rings. The van der Waals surface area contributed by atoms with E-state index in [2.05, 4.69) is 25.5 Å². The molecule has 2 heterocycles. The number of hydrogen-bond donors (Lipinski definition) is 3. The molecule has 1 saturated heterocycles. The number of nitrogens with one attached hydrogen (secondary N) is 1. The first-order chi connectivity index (χ1) is 19.2. The number of phenols is 1. The molecule has 41 heavy (non-hydrogen) atoms. The summed E-state index contributed by atoms with van der Waals surface area (Å²) in [4.78, 5) is 30.4. The standard InChI is InChI=1S/C31H35N3O6S/c1-31(2,3)21-6-9-24(26(16-21)29(37)33-13-12-23(35)18-33)19-5-8-25-20(15-19)11-14-34(30(25)38)22-7-10-28(36)27(17-22)32-41(4,39)40/h5-10,15-17,23,32,35-36H,11-14,18H2,1-4H3/t23-/m0/s1. The lowest BCUT2D eigenvalue weighted by Crippen LogP contribution is -2.37. The summed E-state index contributed by atoms with van der Waals surface area (Å²) in [5.41, 5.74) is 4.90. The van der Waals surface area contributed by atoms with Crippen molar-refractivity contribution < 1.29 is 28.2 Å². The fraction of sp³-hybridized carbons (Fsp3) is 0.355. The molecule has 0 aliphatic carbocycles. The molecule has 1 atom stereocenters. The van der Waals surface area contributed by atoms with Gasteiger partial charge in [-0.05, 0) is 70.8 Å². The van der Waals surface area contributed by atoms with E-state index >= 15 is 0 Å². The number of anilines is 2. The molecule has 2 amide bonds. The summed E-state index contributed by atoms with van der Waals surface area (Å²) in [6, 6.07) is 15.9. The van der Waals surface area contributed by atoms with Gasteiger partial charge in [-0.15, -0.1) is 0 Å². The summed E-state index contributed by atoms with van der Waals surface area (Å²) in [5.74, 6) is -0.590. The lowest BCUT2D eigenvalue weighted by molar-refractivity contribution is 0.0765. The highest BCUT2D eigenvalue weighted by atomic mass is 32.2. The van der Waals surface area contributed by atoms with E-state index in [1.165, 1.54) is 12.1 Å². The Balaban J connectivity index is 1.49. The molecule has 5 rings (SSSR count). The number of nitrogens with zero attached hydrogens (tertiary/aromatic N) is 2. The van der Waals surface area contributed by atoms with Crippen LogP contribution in [0.1, 0.15) is 59.0 Å². The Bertz CT molecular complexity index is 1640. The molecule has 9 nitrogen and oxygen atoms in total. The normalized spacial score (nSPS) is 17.5. The Labute approximate surface area is 240 Å². The molecule has 10 heteroatoms. The zero-order valence-corrected chi connectivity index (χ0v) is 24.5. The fourth-order valence-corrected chi connectivity index (χ4v) is 5.97. The van der Waals surface area contributed by atoms with Crippen LogP contribution < -0.4 is 9.62 Å². The maximum Gasteiger partial charge on any atom is 0.258 e. The van der Waals surface area contributed by atoms with Gasteiger partial charge in [0.2, 0.25) is 10.0 Å². The second-order valence-electron chi connectivity index (χ2n) is 11.9. The molecule has 0 spiro atoms. The van der Waals surface area contributed by atoms with Crippen LogP contribution in [0.25, 0.3) is 11.1 Å². The fourth-order valence-electron chi connectivity index (χ4n) is 5.41. The number of sulfonamides is 1. The second kappa shape index (κ2) is 10.5. The molecule has 3 N–H and O–H groups in total. The third kappa shape index (κ3) is 5.94. The average molecular weight is 578 g/mol. The van der Waals surface area contributed by atoms with E-state index in [-0.39, 0.29) is 28.7 Å². The Morgan fingerprint density at radius 2 is 1.73 bits per heavy atom. The predicted octanol–water partition coefficient (Wildman–Crippen LogP) is 4.14. The predicted molar refractivity (Wildman–Crippen MR) is 159 cm³/mol. The van der Waals surface area contributed by atoms with Crippen molar-refractivity contribution in [2.24, 2.45) is 0 Å². The number of carbonyl (C=O) groups is 2. The van der Waals surface area contributed by atoms with Crippen molar-refractivity contribution in [1.82, 2.24) is 4.90 Å². The number of benzene rings is 3. The minimum Gasteiger partial charge on any atom is -0.506 e. The van der Waals surface area contributed by atoms with E-state index in [4.69, 9.17) is 0 Å². The largest absolute Gasteiger partial charge is 0.506 e. The van der Waals surface area contributed by atoms with Gasteiger partial charge in [0, 0.05) is 36.4 Å². The van der Waals surface area contributed by atoms with E-state index < -0.39 is 16.1 Å². The Kier molecular flexibility index (Phi) is 7.33. The van der Waals surface area contributed by atoms with Crippen molar-refractivity contribution in [2.75, 3.05) is 35.5 Å². The number of amides is 2. The summed E-state index contributed by atoms with van der Waals surface area (Å²) in [5, 5.41) is 20.1. The van der Waals surface area contributed by atoms with Crippen molar-refractivity contribution >= 4 is 33.2 Å². The lowest BCUT2D eigenvalue weighted by Gasteiger charge is -2.29. The van der Waals surface area contributed by atoms with Crippen LogP contribution in [0.4, 0.5) is 11.4 Å². The number of β-amino-alcohol motifs (C(OH)–C–C–N with tert-alkyl or cyclic N) is 1. The monoisotopic (exact) mass is 577 g/mol. The smallest absolute Gasteiger partial charge is 0.258 e. The van der Waals surface area contributed by atoms with Crippen molar-refractivity contribution in [2.45, 2.75) is 45.1 Å². The van der Waals surface area contributed by atoms with Crippen LogP contribution in [0.3, 0.4) is 0 Å². The van der Waals surface area contributed by atoms with E-state index in [9.17, 15) is 28.2 Å². The van der Waals surface area contributed by atoms with Crippen LogP contribution in [-0.4, -0.2) is 67.3 Å². The van der Waals surface area contributed by atoms with Crippen molar-refractivity contribution in [3.8, 4) is 16.9 Å². The quantitative estimate of drug-likeness (QED) is 0.391. The molecule has 2 aliphatic heterocycles. The van der Waals surface area contributed by atoms with Gasteiger partial charge in [-0.3, -0.25) is 14.3 Å². The van der Waals surface area contributed by atoms with Crippen molar-refractivity contribution in [3.05, 3.63) is 76.9 Å². The molecule has 1 fully saturated rings. The lowest BCUT2D eigenvalue weighted by atomic mass is 9.83. The van der Waals surface area contributed by atoms with E-state index in [0.717, 1.165) is 28.5 Å². The van der Waals surface area contributed by atoms with Gasteiger partial charge >= 0.3 is 0 Å². The van der Waals surface area contributed by atoms with Gasteiger partial charge in [-0.2, -0.15) is 0 Å². The minimum atomic E-state index is -3.62. The molecular weight excluding hydrogens is 542 g/mol. The van der Waals surface area contributed by atoms with Crippen LogP contribution in [0.5, 0.6) is 5.75 Å². The highest BCUT2D eigenvalue weighted by Crippen LogP contribution is 2.35. The average Bonchev–Trinajstić information content (AvgIpc) is 3.34. The van der Waals surface area contributed by atoms with Crippen LogP contribution in [0.15, 0.2) is 54.6 Å². The molecule has 216 valence electrons. The SMILES string of the molecule is CC(C)(C)c1ccc(-c2ccc3c(c2)CCN(c2ccc(O)c(NS(C)(=O)=O)c2)C3=O)c(C(=O)N2CC[C@H](O)C2)c1. The van der Waals surface area contributed by atoms with Gasteiger partial charge in [0.1, 0.15) is 5.75 Å². The number of carbonyl (C=O) groups excluding carboxylic acids is 2. The first-order valence-corrected chi connectivity index (χ1v) is 15.5. The zero-order chi connectivity index (χ0) is 29.7. The summed E-state index contributed by atoms with van der Waals surface area (Å²) in [6.45, 7) is 7.47. The van der Waals surface area contributed by atoms with Gasteiger partial charge in [0.25, 0.3) is 11.8 Å². The highest BCUT2D eigenvalue weighted by Gasteiger charge is 2.30. The maximum atomic E-state index is 13.6. The molecule has 0 aromatic heterocycles. The highest BCUT2D eigenvalue weighted by molar-refractivity contribution is 7.92. The summed E-state index contributed by atoms with van der Waals surface area (Å²) in [6.07, 6.45) is 1.58. The summed E-state index contributed by atoms with van der Waals surface area (Å²) in [7, 11) is -3.62. The van der Waals surface area contributed by atoms with Crippen LogP contribution in [-0.2, 0) is 21.9 Å². The topological polar surface area (TPSA) is 127 Å². The van der Waals surface area contributed by atoms with Gasteiger partial charge in [0.15, 0.2) is 0 Å². The summed E-state index contributed by atoms with van der Waals surface area (Å²) < 4.78 is 25.7. The van der Waals surface area contributed by atoms with E-state index in [0.29, 0.717) is 49.3 Å². The van der Waals surface area contributed by atoms with E-state index in [1.54, 1.807) is 21.9 Å². The summed E-state index contributed by atoms with van der Waals surface area (Å²) >= 11 is 0. The van der Waals surface area contributed by atoms with E-state index in [1.807, 2.05) is 30.3 Å². The third-order valence-electron chi connectivity index (χ3n) is 7.65. The van der Waals surface area contributed by atoms with Gasteiger partial charge in [0.05, 0.1) is 18.0 Å². The Hall–Kier alpha value is -3.89. The molecule has 0 saturated carbocycles. The molecule has 0 unspecified atom stereocenters. The number of aliphatic hydroxyl groups is 1. The molecule has 3 aromatic carbocycles. The number of aliphatic hydroxyl groups excluding tert-OH is 1.